The Balaban J connectivity index is 1.64. The van der Waals surface area contributed by atoms with Crippen molar-refractivity contribution >= 4 is 0 Å². The summed E-state index contributed by atoms with van der Waals surface area (Å²) in [5.74, 6) is 12.9. The van der Waals surface area contributed by atoms with Gasteiger partial charge in [0.25, 0.3) is 0 Å². The number of unbranched alkanes of at least 4 members (excludes halogenated alkanes) is 2. The van der Waals surface area contributed by atoms with E-state index in [0.29, 0.717) is 0 Å². The van der Waals surface area contributed by atoms with Crippen molar-refractivity contribution < 1.29 is 0 Å². The molecule has 0 aliphatic heterocycles. The second kappa shape index (κ2) is 10.9. The lowest BCUT2D eigenvalue weighted by Gasteiger charge is -2.04. The largest absolute Gasteiger partial charge is 0.0979 e. The molecule has 0 amide bonds. The lowest BCUT2D eigenvalue weighted by atomic mass is 10.0. The zero-order valence-corrected chi connectivity index (χ0v) is 17.5. The Kier molecular flexibility index (Phi) is 7.74. The quantitative estimate of drug-likeness (QED) is 0.325. The summed E-state index contributed by atoms with van der Waals surface area (Å²) in [5.41, 5.74) is 6.97. The average molecular weight is 377 g/mol. The van der Waals surface area contributed by atoms with E-state index < -0.39 is 0 Å². The van der Waals surface area contributed by atoms with Crippen LogP contribution < -0.4 is 0 Å². The summed E-state index contributed by atoms with van der Waals surface area (Å²) in [6.45, 7) is 4.40. The van der Waals surface area contributed by atoms with Crippen molar-refractivity contribution in [3.8, 4) is 34.8 Å². The van der Waals surface area contributed by atoms with Crippen LogP contribution in [0, 0.1) is 23.7 Å². The molecule has 0 aliphatic carbocycles. The van der Waals surface area contributed by atoms with E-state index in [1.807, 2.05) is 24.3 Å². The molecule has 0 N–H and O–H groups in total. The molecule has 0 unspecified atom stereocenters. The van der Waals surface area contributed by atoms with Crippen molar-refractivity contribution in [3.63, 3.8) is 0 Å². The van der Waals surface area contributed by atoms with E-state index in [0.717, 1.165) is 29.5 Å². The molecular weight excluding hydrogens is 348 g/mol. The minimum Gasteiger partial charge on any atom is -0.0979 e. The first-order chi connectivity index (χ1) is 14.3. The fourth-order valence-electron chi connectivity index (χ4n) is 3.11. The molecule has 0 aliphatic rings. The van der Waals surface area contributed by atoms with Gasteiger partial charge in [-0.2, -0.15) is 0 Å². The van der Waals surface area contributed by atoms with E-state index in [-0.39, 0.29) is 0 Å². The molecule has 3 rings (SSSR count). The van der Waals surface area contributed by atoms with Gasteiger partial charge in [0, 0.05) is 23.1 Å². The van der Waals surface area contributed by atoms with Crippen LogP contribution in [0.1, 0.15) is 61.8 Å². The van der Waals surface area contributed by atoms with Crippen molar-refractivity contribution in [2.75, 3.05) is 0 Å². The Morgan fingerprint density at radius 2 is 1.03 bits per heavy atom. The van der Waals surface area contributed by atoms with Gasteiger partial charge in [-0.25, -0.2) is 0 Å². The van der Waals surface area contributed by atoms with E-state index >= 15 is 0 Å². The van der Waals surface area contributed by atoms with Crippen molar-refractivity contribution in [2.45, 2.75) is 46.0 Å². The predicted octanol–water partition coefficient (Wildman–Crippen LogP) is 7.25. The van der Waals surface area contributed by atoms with Crippen molar-refractivity contribution in [2.24, 2.45) is 0 Å². The third-order valence-electron chi connectivity index (χ3n) is 4.83. The van der Waals surface area contributed by atoms with Gasteiger partial charge >= 0.3 is 0 Å². The van der Waals surface area contributed by atoms with Gasteiger partial charge in [0.05, 0.1) is 0 Å². The minimum absolute atomic E-state index is 0.969. The third kappa shape index (κ3) is 6.41. The van der Waals surface area contributed by atoms with Crippen molar-refractivity contribution in [1.29, 1.82) is 0 Å². The maximum atomic E-state index is 3.26. The molecule has 0 saturated carbocycles. The van der Waals surface area contributed by atoms with Crippen LogP contribution in [0.5, 0.6) is 0 Å². The number of benzene rings is 3. The summed E-state index contributed by atoms with van der Waals surface area (Å²) in [4.78, 5) is 0. The van der Waals surface area contributed by atoms with Gasteiger partial charge in [-0.1, -0.05) is 86.8 Å². The van der Waals surface area contributed by atoms with Gasteiger partial charge in [-0.05, 0) is 65.9 Å². The molecule has 0 fully saturated rings. The molecule has 0 radical (unpaired) electrons. The summed E-state index contributed by atoms with van der Waals surface area (Å²) < 4.78 is 0. The van der Waals surface area contributed by atoms with Crippen LogP contribution in [-0.4, -0.2) is 0 Å². The first kappa shape index (κ1) is 20.5. The van der Waals surface area contributed by atoms with Crippen molar-refractivity contribution in [1.82, 2.24) is 0 Å². The molecule has 144 valence electrons. The summed E-state index contributed by atoms with van der Waals surface area (Å²) in [5, 5.41) is 0. The van der Waals surface area contributed by atoms with Crippen LogP contribution >= 0.6 is 0 Å². The summed E-state index contributed by atoms with van der Waals surface area (Å²) in [7, 11) is 0. The Bertz CT molecular complexity index is 1010. The van der Waals surface area contributed by atoms with Gasteiger partial charge in [-0.15, -0.1) is 0 Å². The van der Waals surface area contributed by atoms with Crippen LogP contribution in [0.4, 0.5) is 0 Å². The first-order valence-corrected chi connectivity index (χ1v) is 10.6. The average Bonchev–Trinajstić information content (AvgIpc) is 2.77. The SMILES string of the molecule is CCCCC#Cc1ccc(C#Cc2ccc(-c3ccc(CCC)cc3)cc2)cc1. The lowest BCUT2D eigenvalue weighted by molar-refractivity contribution is 0.828. The lowest BCUT2D eigenvalue weighted by Crippen LogP contribution is -1.84. The van der Waals surface area contributed by atoms with E-state index in [9.17, 15) is 0 Å². The standard InChI is InChI=1S/C29H28/c1-3-5-6-7-9-25-10-12-26(13-11-25)14-15-27-18-22-29(23-19-27)28-20-16-24(8-4-2)17-21-28/h10-13,16-23H,3-6,8H2,1-2H3. The highest BCUT2D eigenvalue weighted by atomic mass is 14.0. The first-order valence-electron chi connectivity index (χ1n) is 10.6. The molecule has 0 spiro atoms. The summed E-state index contributed by atoms with van der Waals surface area (Å²) in [6, 6.07) is 25.5. The highest BCUT2D eigenvalue weighted by molar-refractivity contribution is 5.64. The van der Waals surface area contributed by atoms with Gasteiger partial charge in [0.1, 0.15) is 0 Å². The predicted molar refractivity (Wildman–Crippen MR) is 125 cm³/mol. The van der Waals surface area contributed by atoms with E-state index in [2.05, 4.69) is 86.1 Å². The van der Waals surface area contributed by atoms with Gasteiger partial charge in [0.2, 0.25) is 0 Å². The second-order valence-electron chi connectivity index (χ2n) is 7.26. The molecule has 0 heteroatoms. The van der Waals surface area contributed by atoms with Crippen LogP contribution in [0.25, 0.3) is 11.1 Å². The highest BCUT2D eigenvalue weighted by Crippen LogP contribution is 2.20. The van der Waals surface area contributed by atoms with Crippen LogP contribution in [-0.2, 0) is 6.42 Å². The maximum absolute atomic E-state index is 3.26. The molecule has 3 aromatic carbocycles. The topological polar surface area (TPSA) is 0 Å². The van der Waals surface area contributed by atoms with E-state index in [4.69, 9.17) is 0 Å². The Morgan fingerprint density at radius 3 is 1.55 bits per heavy atom. The zero-order valence-electron chi connectivity index (χ0n) is 17.5. The minimum atomic E-state index is 0.969. The molecule has 0 bridgehead atoms. The van der Waals surface area contributed by atoms with Crippen LogP contribution in [0.3, 0.4) is 0 Å². The van der Waals surface area contributed by atoms with Gasteiger partial charge < -0.3 is 0 Å². The number of aryl methyl sites for hydroxylation is 1. The smallest absolute Gasteiger partial charge is 0.0249 e. The highest BCUT2D eigenvalue weighted by Gasteiger charge is 1.98. The molecule has 3 aromatic rings. The molecule has 29 heavy (non-hydrogen) atoms. The fraction of sp³-hybridized carbons (Fsp3) is 0.241. The van der Waals surface area contributed by atoms with E-state index in [1.165, 1.54) is 36.0 Å². The monoisotopic (exact) mass is 376 g/mol. The van der Waals surface area contributed by atoms with Crippen molar-refractivity contribution in [3.05, 3.63) is 95.1 Å². The maximum Gasteiger partial charge on any atom is 0.0249 e. The molecule has 0 aromatic heterocycles. The Labute approximate surface area is 176 Å². The number of hydrogen-bond donors (Lipinski definition) is 0. The normalized spacial score (nSPS) is 9.86. The Morgan fingerprint density at radius 1 is 0.552 bits per heavy atom. The fourth-order valence-corrected chi connectivity index (χ4v) is 3.11. The number of hydrogen-bond acceptors (Lipinski definition) is 0. The summed E-state index contributed by atoms with van der Waals surface area (Å²) in [6.07, 6.45) is 5.65. The van der Waals surface area contributed by atoms with Gasteiger partial charge in [0.15, 0.2) is 0 Å². The summed E-state index contributed by atoms with van der Waals surface area (Å²) >= 11 is 0. The van der Waals surface area contributed by atoms with E-state index in [1.54, 1.807) is 0 Å². The van der Waals surface area contributed by atoms with Crippen LogP contribution in [0.15, 0.2) is 72.8 Å². The molecule has 0 heterocycles. The molecular formula is C29H28. The zero-order chi connectivity index (χ0) is 20.3. The van der Waals surface area contributed by atoms with Crippen LogP contribution in [0.2, 0.25) is 0 Å². The second-order valence-corrected chi connectivity index (χ2v) is 7.26. The molecule has 0 saturated heterocycles. The molecule has 0 nitrogen and oxygen atoms in total. The third-order valence-corrected chi connectivity index (χ3v) is 4.83. The molecule has 0 atom stereocenters. The van der Waals surface area contributed by atoms with Gasteiger partial charge in [-0.3, -0.25) is 0 Å². The number of rotatable bonds is 5. The Hall–Kier alpha value is -3.22.